The number of rotatable bonds is 13. The van der Waals surface area contributed by atoms with Crippen molar-refractivity contribution in [2.75, 3.05) is 19.6 Å². The predicted molar refractivity (Wildman–Crippen MR) is 168 cm³/mol. The lowest BCUT2D eigenvalue weighted by molar-refractivity contribution is -0.119. The summed E-state index contributed by atoms with van der Waals surface area (Å²) in [6, 6.07) is 5.46. The van der Waals surface area contributed by atoms with Crippen LogP contribution in [0, 0.1) is 11.7 Å². The maximum atomic E-state index is 15.3. The molecule has 11 heteroatoms. The Morgan fingerprint density at radius 2 is 1.96 bits per heavy atom. The van der Waals surface area contributed by atoms with Crippen LogP contribution >= 0.6 is 0 Å². The number of nitrogens with one attached hydrogen (secondary N) is 1. The normalized spacial score (nSPS) is 18.6. The van der Waals surface area contributed by atoms with Crippen LogP contribution in [0.25, 0.3) is 22.2 Å². The van der Waals surface area contributed by atoms with E-state index in [0.717, 1.165) is 57.7 Å². The van der Waals surface area contributed by atoms with Crippen LogP contribution in [0.2, 0.25) is 0 Å². The second-order valence-corrected chi connectivity index (χ2v) is 12.9. The van der Waals surface area contributed by atoms with Gasteiger partial charge in [0.2, 0.25) is 5.89 Å². The largest absolute Gasteiger partial charge is 0.438 e. The number of aromatic nitrogens is 2. The zero-order chi connectivity index (χ0) is 31.6. The van der Waals surface area contributed by atoms with Crippen LogP contribution in [0.3, 0.4) is 0 Å². The lowest BCUT2D eigenvalue weighted by atomic mass is 9.86. The summed E-state index contributed by atoms with van der Waals surface area (Å²) >= 11 is 0. The molecular formula is C34H42FN5O5. The van der Waals surface area contributed by atoms with E-state index in [4.69, 9.17) is 9.25 Å². The van der Waals surface area contributed by atoms with Crippen molar-refractivity contribution in [2.45, 2.75) is 89.2 Å². The van der Waals surface area contributed by atoms with Crippen molar-refractivity contribution in [2.24, 2.45) is 18.1 Å². The molecule has 10 nitrogen and oxygen atoms in total. The van der Waals surface area contributed by atoms with Crippen LogP contribution in [-0.4, -0.2) is 57.1 Å². The summed E-state index contributed by atoms with van der Waals surface area (Å²) < 4.78 is 22.7. The topological polar surface area (TPSA) is 119 Å². The number of fused-ring (bicyclic) bond motifs is 1. The first-order chi connectivity index (χ1) is 21.7. The Bertz CT molecular complexity index is 1650. The fourth-order valence-corrected chi connectivity index (χ4v) is 6.40. The highest BCUT2D eigenvalue weighted by atomic mass is 19.1. The number of hydrogen-bond donors (Lipinski definition) is 1. The number of pyridine rings is 1. The first-order valence-corrected chi connectivity index (χ1v) is 16.3. The van der Waals surface area contributed by atoms with Gasteiger partial charge in [0.15, 0.2) is 5.76 Å². The quantitative estimate of drug-likeness (QED) is 0.253. The van der Waals surface area contributed by atoms with Crippen LogP contribution in [-0.2, 0) is 21.5 Å². The lowest BCUT2D eigenvalue weighted by Crippen LogP contribution is -2.46. The number of oxime groups is 1. The summed E-state index contributed by atoms with van der Waals surface area (Å²) in [7, 11) is 1.60. The van der Waals surface area contributed by atoms with Crippen molar-refractivity contribution in [1.82, 2.24) is 19.8 Å². The van der Waals surface area contributed by atoms with E-state index < -0.39 is 17.5 Å². The Balaban J connectivity index is 1.15. The molecule has 2 aromatic heterocycles. The van der Waals surface area contributed by atoms with Gasteiger partial charge >= 0.3 is 0 Å². The molecule has 0 radical (unpaired) electrons. The number of oxazole rings is 1. The maximum Gasteiger partial charge on any atom is 0.269 e. The molecule has 3 aromatic rings. The number of aryl methyl sites for hydroxylation is 1. The third kappa shape index (κ3) is 7.19. The number of Topliss-reactive ketones (excluding diaryl/α,β-unsaturated/α-hetero) is 1. The van der Waals surface area contributed by atoms with Crippen LogP contribution < -0.4 is 10.9 Å². The SMILES string of the molecule is CCC(=O)CCCCC[C@H](NC(=O)C1=NOC2(CCN(CC3CC3)CC2)C1)c1ncc(-c2cc3ccc(=O)n(C)c3cc2F)o1. The molecule has 240 valence electrons. The van der Waals surface area contributed by atoms with Gasteiger partial charge in [0, 0.05) is 64.9 Å². The van der Waals surface area contributed by atoms with E-state index in [2.05, 4.69) is 20.4 Å². The van der Waals surface area contributed by atoms with Crippen molar-refractivity contribution in [3.05, 3.63) is 52.5 Å². The molecule has 6 rings (SSSR count). The zero-order valence-corrected chi connectivity index (χ0v) is 26.1. The summed E-state index contributed by atoms with van der Waals surface area (Å²) in [5.41, 5.74) is 0.396. The Morgan fingerprint density at radius 3 is 2.71 bits per heavy atom. The van der Waals surface area contributed by atoms with Gasteiger partial charge in [0.25, 0.3) is 11.5 Å². The molecule has 1 aromatic carbocycles. The van der Waals surface area contributed by atoms with Crippen LogP contribution in [0.4, 0.5) is 4.39 Å². The lowest BCUT2D eigenvalue weighted by Gasteiger charge is -2.37. The number of carbonyl (C=O) groups is 2. The number of likely N-dealkylation sites (tertiary alicyclic amines) is 1. The summed E-state index contributed by atoms with van der Waals surface area (Å²) in [5.74, 6) is 0.708. The molecule has 3 aliphatic rings. The maximum absolute atomic E-state index is 15.3. The molecule has 1 spiro atoms. The van der Waals surface area contributed by atoms with Crippen molar-refractivity contribution in [3.63, 3.8) is 0 Å². The second kappa shape index (κ2) is 13.2. The fraction of sp³-hybridized carbons (Fsp3) is 0.559. The number of unbranched alkanes of at least 4 members (excludes halogenated alkanes) is 2. The van der Waals surface area contributed by atoms with Gasteiger partial charge < -0.3 is 24.0 Å². The Morgan fingerprint density at radius 1 is 1.16 bits per heavy atom. The van der Waals surface area contributed by atoms with Crippen LogP contribution in [0.15, 0.2) is 44.8 Å². The Kier molecular flexibility index (Phi) is 9.16. The minimum absolute atomic E-state index is 0.214. The molecule has 1 amide bonds. The summed E-state index contributed by atoms with van der Waals surface area (Å²) in [4.78, 5) is 50.1. The molecule has 1 aliphatic carbocycles. The molecule has 2 aliphatic heterocycles. The summed E-state index contributed by atoms with van der Waals surface area (Å²) in [6.45, 7) is 4.92. The first kappa shape index (κ1) is 31.1. The van der Waals surface area contributed by atoms with E-state index in [1.165, 1.54) is 35.7 Å². The standard InChI is InChI=1S/C34H42FN5O5/c1-3-24(41)7-5-4-6-8-27(37-32(43)28-19-34(45-38-28)13-15-40(16-14-34)21-22-9-10-22)33-36-20-30(44-33)25-17-23-11-12-31(42)39(2)29(23)18-26(25)35/h11-12,17-18,20,22,27H,3-10,13-16,19,21H2,1-2H3,(H,37,43)/t27-/m0/s1. The van der Waals surface area contributed by atoms with Gasteiger partial charge in [-0.1, -0.05) is 24.9 Å². The highest BCUT2D eigenvalue weighted by Crippen LogP contribution is 2.37. The smallest absolute Gasteiger partial charge is 0.269 e. The third-order valence-corrected chi connectivity index (χ3v) is 9.53. The van der Waals surface area contributed by atoms with E-state index in [1.807, 2.05) is 6.92 Å². The zero-order valence-electron chi connectivity index (χ0n) is 26.1. The van der Waals surface area contributed by atoms with E-state index >= 15 is 4.39 Å². The number of carbonyl (C=O) groups excluding carboxylic acids is 2. The van der Waals surface area contributed by atoms with Crippen molar-refractivity contribution in [1.29, 1.82) is 0 Å². The Labute approximate surface area is 262 Å². The first-order valence-electron chi connectivity index (χ1n) is 16.3. The molecule has 4 heterocycles. The van der Waals surface area contributed by atoms with Crippen LogP contribution in [0.1, 0.15) is 89.5 Å². The van der Waals surface area contributed by atoms with Crippen molar-refractivity contribution >= 4 is 28.3 Å². The molecule has 1 atom stereocenters. The van der Waals surface area contributed by atoms with Gasteiger partial charge in [0.1, 0.15) is 29.0 Å². The van der Waals surface area contributed by atoms with Gasteiger partial charge in [-0.15, -0.1) is 0 Å². The van der Waals surface area contributed by atoms with Crippen molar-refractivity contribution < 1.29 is 23.2 Å². The van der Waals surface area contributed by atoms with Gasteiger partial charge in [-0.05, 0) is 55.2 Å². The number of benzene rings is 1. The highest BCUT2D eigenvalue weighted by Gasteiger charge is 2.44. The number of piperidine rings is 1. The van der Waals surface area contributed by atoms with E-state index in [-0.39, 0.29) is 34.5 Å². The molecule has 2 fully saturated rings. The molecule has 1 saturated carbocycles. The Hall–Kier alpha value is -3.86. The molecule has 45 heavy (non-hydrogen) atoms. The monoisotopic (exact) mass is 619 g/mol. The van der Waals surface area contributed by atoms with E-state index in [1.54, 1.807) is 19.2 Å². The van der Waals surface area contributed by atoms with E-state index in [9.17, 15) is 14.4 Å². The minimum atomic E-state index is -0.572. The molecule has 0 unspecified atom stereocenters. The molecule has 1 saturated heterocycles. The summed E-state index contributed by atoms with van der Waals surface area (Å²) in [6.07, 6.45) is 10.2. The molecular weight excluding hydrogens is 577 g/mol. The third-order valence-electron chi connectivity index (χ3n) is 9.53. The average Bonchev–Trinajstić information content (AvgIpc) is 3.55. The predicted octanol–water partition coefficient (Wildman–Crippen LogP) is 5.44. The van der Waals surface area contributed by atoms with E-state index in [0.29, 0.717) is 42.3 Å². The van der Waals surface area contributed by atoms with Gasteiger partial charge in [-0.25, -0.2) is 9.37 Å². The molecule has 1 N–H and O–H groups in total. The number of ketones is 1. The number of hydrogen-bond acceptors (Lipinski definition) is 8. The average molecular weight is 620 g/mol. The summed E-state index contributed by atoms with van der Waals surface area (Å²) in [5, 5.41) is 7.97. The van der Waals surface area contributed by atoms with Gasteiger partial charge in [-0.2, -0.15) is 0 Å². The van der Waals surface area contributed by atoms with Crippen LogP contribution in [0.5, 0.6) is 0 Å². The minimum Gasteiger partial charge on any atom is -0.438 e. The van der Waals surface area contributed by atoms with Gasteiger partial charge in [0.05, 0.1) is 17.3 Å². The number of nitrogens with zero attached hydrogens (tertiary/aromatic N) is 4. The highest BCUT2D eigenvalue weighted by molar-refractivity contribution is 6.39. The number of amides is 1. The fourth-order valence-electron chi connectivity index (χ4n) is 6.40. The van der Waals surface area contributed by atoms with Gasteiger partial charge in [-0.3, -0.25) is 14.4 Å². The second-order valence-electron chi connectivity index (χ2n) is 12.9. The molecule has 0 bridgehead atoms. The van der Waals surface area contributed by atoms with Crippen molar-refractivity contribution in [3.8, 4) is 11.3 Å². The number of halogens is 1.